The molecule has 1 fully saturated rings. The summed E-state index contributed by atoms with van der Waals surface area (Å²) in [6.45, 7) is 13.3. The predicted octanol–water partition coefficient (Wildman–Crippen LogP) is 2.97. The van der Waals surface area contributed by atoms with Crippen molar-refractivity contribution < 1.29 is 4.74 Å². The van der Waals surface area contributed by atoms with Gasteiger partial charge in [0.05, 0.1) is 5.60 Å². The summed E-state index contributed by atoms with van der Waals surface area (Å²) >= 11 is 0. The van der Waals surface area contributed by atoms with Crippen molar-refractivity contribution >= 4 is 0 Å². The highest BCUT2D eigenvalue weighted by atomic mass is 16.5. The summed E-state index contributed by atoms with van der Waals surface area (Å²) in [7, 11) is 0. The minimum atomic E-state index is 0.0671. The van der Waals surface area contributed by atoms with E-state index in [1.54, 1.807) is 0 Å². The van der Waals surface area contributed by atoms with Crippen molar-refractivity contribution in [2.24, 2.45) is 5.41 Å². The average Bonchev–Trinajstić information content (AvgIpc) is 1.99. The molecule has 1 aliphatic heterocycles. The van der Waals surface area contributed by atoms with Crippen LogP contribution in [0.15, 0.2) is 0 Å². The third-order valence-corrected chi connectivity index (χ3v) is 3.01. The summed E-state index contributed by atoms with van der Waals surface area (Å²) in [6.07, 6.45) is 3.54. The van der Waals surface area contributed by atoms with Crippen LogP contribution in [0.5, 0.6) is 0 Å². The topological polar surface area (TPSA) is 21.3 Å². The predicted molar refractivity (Wildman–Crippen MR) is 65.1 cm³/mol. The Morgan fingerprint density at radius 3 is 2.53 bits per heavy atom. The van der Waals surface area contributed by atoms with E-state index in [2.05, 4.69) is 39.9 Å². The monoisotopic (exact) mass is 213 g/mol. The lowest BCUT2D eigenvalue weighted by atomic mass is 9.91. The largest absolute Gasteiger partial charge is 0.375 e. The molecule has 1 aliphatic rings. The van der Waals surface area contributed by atoms with Gasteiger partial charge in [0, 0.05) is 12.6 Å². The maximum Gasteiger partial charge on any atom is 0.0641 e. The Labute approximate surface area is 94.8 Å². The van der Waals surface area contributed by atoms with Crippen molar-refractivity contribution in [3.8, 4) is 0 Å². The molecule has 1 saturated heterocycles. The van der Waals surface area contributed by atoms with Gasteiger partial charge in [-0.2, -0.15) is 0 Å². The van der Waals surface area contributed by atoms with Crippen molar-refractivity contribution in [2.75, 3.05) is 13.2 Å². The summed E-state index contributed by atoms with van der Waals surface area (Å²) in [4.78, 5) is 0. The van der Waals surface area contributed by atoms with Crippen molar-refractivity contribution in [2.45, 2.75) is 65.5 Å². The molecule has 0 aromatic rings. The maximum atomic E-state index is 5.70. The smallest absolute Gasteiger partial charge is 0.0641 e. The van der Waals surface area contributed by atoms with Gasteiger partial charge < -0.3 is 10.1 Å². The van der Waals surface area contributed by atoms with Crippen LogP contribution in [-0.2, 0) is 4.74 Å². The van der Waals surface area contributed by atoms with Gasteiger partial charge in [-0.15, -0.1) is 0 Å². The first-order valence-corrected chi connectivity index (χ1v) is 6.16. The molecule has 1 rings (SSSR count). The first kappa shape index (κ1) is 13.0. The summed E-state index contributed by atoms with van der Waals surface area (Å²) in [5.41, 5.74) is 0.505. The van der Waals surface area contributed by atoms with Crippen LogP contribution in [0.1, 0.15) is 53.9 Å². The summed E-state index contributed by atoms with van der Waals surface area (Å²) in [5.74, 6) is 0. The molecule has 1 unspecified atom stereocenters. The van der Waals surface area contributed by atoms with Crippen LogP contribution in [0.2, 0.25) is 0 Å². The molecule has 0 amide bonds. The fraction of sp³-hybridized carbons (Fsp3) is 1.00. The van der Waals surface area contributed by atoms with Gasteiger partial charge in [0.2, 0.25) is 0 Å². The van der Waals surface area contributed by atoms with E-state index in [4.69, 9.17) is 4.74 Å². The molecule has 0 bridgehead atoms. The number of ether oxygens (including phenoxy) is 1. The molecular weight excluding hydrogens is 186 g/mol. The van der Waals surface area contributed by atoms with E-state index in [-0.39, 0.29) is 5.60 Å². The molecule has 15 heavy (non-hydrogen) atoms. The SMILES string of the molecule is CC(C)(C)CCNC1CCOC(C)(C)C1. The van der Waals surface area contributed by atoms with Gasteiger partial charge in [-0.25, -0.2) is 0 Å². The first-order chi connectivity index (χ1) is 6.79. The van der Waals surface area contributed by atoms with Gasteiger partial charge in [0.1, 0.15) is 0 Å². The molecule has 2 heteroatoms. The van der Waals surface area contributed by atoms with E-state index in [9.17, 15) is 0 Å². The summed E-state index contributed by atoms with van der Waals surface area (Å²) in [6, 6.07) is 0.649. The zero-order valence-electron chi connectivity index (χ0n) is 11.0. The molecule has 0 spiro atoms. The molecule has 0 aliphatic carbocycles. The third-order valence-electron chi connectivity index (χ3n) is 3.01. The van der Waals surface area contributed by atoms with E-state index in [1.165, 1.54) is 6.42 Å². The summed E-state index contributed by atoms with van der Waals surface area (Å²) < 4.78 is 5.70. The molecule has 1 N–H and O–H groups in total. The van der Waals surface area contributed by atoms with E-state index >= 15 is 0 Å². The fourth-order valence-electron chi connectivity index (χ4n) is 2.06. The molecule has 2 nitrogen and oxygen atoms in total. The van der Waals surface area contributed by atoms with Gasteiger partial charge >= 0.3 is 0 Å². The highest BCUT2D eigenvalue weighted by Gasteiger charge is 2.28. The lowest BCUT2D eigenvalue weighted by Crippen LogP contribution is -2.44. The number of hydrogen-bond acceptors (Lipinski definition) is 2. The van der Waals surface area contributed by atoms with Gasteiger partial charge in [-0.1, -0.05) is 20.8 Å². The highest BCUT2D eigenvalue weighted by Crippen LogP contribution is 2.24. The van der Waals surface area contributed by atoms with E-state index in [0.29, 0.717) is 11.5 Å². The molecule has 1 atom stereocenters. The van der Waals surface area contributed by atoms with Gasteiger partial charge in [0.15, 0.2) is 0 Å². The quantitative estimate of drug-likeness (QED) is 0.778. The van der Waals surface area contributed by atoms with Crippen LogP contribution in [0.25, 0.3) is 0 Å². The number of nitrogens with one attached hydrogen (secondary N) is 1. The molecule has 0 aromatic heterocycles. The third kappa shape index (κ3) is 5.53. The Hall–Kier alpha value is -0.0800. The van der Waals surface area contributed by atoms with Crippen molar-refractivity contribution in [3.05, 3.63) is 0 Å². The summed E-state index contributed by atoms with van der Waals surface area (Å²) in [5, 5.41) is 3.65. The number of rotatable bonds is 3. The van der Waals surface area contributed by atoms with Gasteiger partial charge in [-0.3, -0.25) is 0 Å². The van der Waals surface area contributed by atoms with Gasteiger partial charge in [0.25, 0.3) is 0 Å². The van der Waals surface area contributed by atoms with Crippen LogP contribution in [0, 0.1) is 5.41 Å². The van der Waals surface area contributed by atoms with Crippen LogP contribution in [0.3, 0.4) is 0 Å². The Balaban J connectivity index is 2.22. The molecule has 0 radical (unpaired) electrons. The zero-order chi connectivity index (χ0) is 11.5. The second kappa shape index (κ2) is 4.84. The minimum absolute atomic E-state index is 0.0671. The Morgan fingerprint density at radius 2 is 2.00 bits per heavy atom. The highest BCUT2D eigenvalue weighted by molar-refractivity contribution is 4.83. The van der Waals surface area contributed by atoms with Crippen molar-refractivity contribution in [1.29, 1.82) is 0 Å². The van der Waals surface area contributed by atoms with Crippen molar-refractivity contribution in [1.82, 2.24) is 5.32 Å². The first-order valence-electron chi connectivity index (χ1n) is 6.16. The van der Waals surface area contributed by atoms with Crippen molar-refractivity contribution in [3.63, 3.8) is 0 Å². The van der Waals surface area contributed by atoms with Crippen LogP contribution < -0.4 is 5.32 Å². The second-order valence-electron chi connectivity index (χ2n) is 6.56. The lowest BCUT2D eigenvalue weighted by molar-refractivity contribution is -0.0629. The van der Waals surface area contributed by atoms with Gasteiger partial charge in [-0.05, 0) is 45.1 Å². The molecule has 90 valence electrons. The normalized spacial score (nSPS) is 26.6. The maximum absolute atomic E-state index is 5.70. The molecular formula is C13H27NO. The zero-order valence-corrected chi connectivity index (χ0v) is 11.0. The molecule has 1 heterocycles. The second-order valence-corrected chi connectivity index (χ2v) is 6.56. The van der Waals surface area contributed by atoms with Crippen LogP contribution in [0.4, 0.5) is 0 Å². The molecule has 0 saturated carbocycles. The van der Waals surface area contributed by atoms with Crippen LogP contribution in [-0.4, -0.2) is 24.8 Å². The van der Waals surface area contributed by atoms with Crippen LogP contribution >= 0.6 is 0 Å². The lowest BCUT2D eigenvalue weighted by Gasteiger charge is -2.36. The van der Waals surface area contributed by atoms with E-state index in [0.717, 1.165) is 26.0 Å². The molecule has 0 aromatic carbocycles. The Kier molecular flexibility index (Phi) is 4.19. The number of hydrogen-bond donors (Lipinski definition) is 1. The Bertz CT molecular complexity index is 193. The minimum Gasteiger partial charge on any atom is -0.375 e. The standard InChI is InChI=1S/C13H27NO/c1-12(2,3)7-8-14-11-6-9-15-13(4,5)10-11/h11,14H,6-10H2,1-5H3. The van der Waals surface area contributed by atoms with E-state index < -0.39 is 0 Å². The Morgan fingerprint density at radius 1 is 1.33 bits per heavy atom. The fourth-order valence-corrected chi connectivity index (χ4v) is 2.06. The average molecular weight is 213 g/mol. The van der Waals surface area contributed by atoms with E-state index in [1.807, 2.05) is 0 Å².